The van der Waals surface area contributed by atoms with Gasteiger partial charge in [-0.2, -0.15) is 0 Å². The number of nitrogens with zero attached hydrogens (tertiary/aromatic N) is 1. The molecule has 0 bridgehead atoms. The lowest BCUT2D eigenvalue weighted by Crippen LogP contribution is -2.36. The van der Waals surface area contributed by atoms with Crippen LogP contribution in [0.3, 0.4) is 0 Å². The Labute approximate surface area is 166 Å². The highest BCUT2D eigenvalue weighted by molar-refractivity contribution is 5.74. The number of alkyl carbamates (subject to hydrolysis) is 1. The van der Waals surface area contributed by atoms with Crippen LogP contribution in [0.1, 0.15) is 49.9 Å². The van der Waals surface area contributed by atoms with Crippen LogP contribution in [0.4, 0.5) is 4.79 Å². The van der Waals surface area contributed by atoms with E-state index in [9.17, 15) is 9.59 Å². The number of hydrogen-bond donors (Lipinski definition) is 1. The van der Waals surface area contributed by atoms with Gasteiger partial charge in [0.1, 0.15) is 5.60 Å². The lowest BCUT2D eigenvalue weighted by atomic mass is 9.94. The normalized spacial score (nSPS) is 12.2. The Morgan fingerprint density at radius 2 is 1.79 bits per heavy atom. The monoisotopic (exact) mass is 384 g/mol. The summed E-state index contributed by atoms with van der Waals surface area (Å²) in [4.78, 5) is 28.5. The fourth-order valence-corrected chi connectivity index (χ4v) is 3.01. The first-order valence-electron chi connectivity index (χ1n) is 9.18. The Bertz CT molecular complexity index is 836. The maximum Gasteiger partial charge on any atom is 0.408 e. The largest absolute Gasteiger partial charge is 0.469 e. The minimum Gasteiger partial charge on any atom is -0.469 e. The van der Waals surface area contributed by atoms with Crippen LogP contribution >= 0.6 is 0 Å². The number of aryl methyl sites for hydroxylation is 2. The molecule has 0 saturated carbocycles. The van der Waals surface area contributed by atoms with Gasteiger partial charge in [0, 0.05) is 18.0 Å². The SMILES string of the molecule is COC(=O)C[C@@H](NC(=O)OC(C)(C)C)c1cncc(-c2c(C)cccc2C)c1. The summed E-state index contributed by atoms with van der Waals surface area (Å²) in [6.45, 7) is 9.43. The maximum atomic E-state index is 12.3. The third kappa shape index (κ3) is 5.81. The number of carbonyl (C=O) groups excluding carboxylic acids is 2. The molecule has 2 rings (SSSR count). The van der Waals surface area contributed by atoms with E-state index in [1.165, 1.54) is 7.11 Å². The third-order valence-electron chi connectivity index (χ3n) is 4.22. The number of esters is 1. The van der Waals surface area contributed by atoms with Gasteiger partial charge in [-0.05, 0) is 62.9 Å². The summed E-state index contributed by atoms with van der Waals surface area (Å²) in [5.74, 6) is -0.432. The highest BCUT2D eigenvalue weighted by Crippen LogP contribution is 2.29. The number of amides is 1. The zero-order valence-corrected chi connectivity index (χ0v) is 17.3. The van der Waals surface area contributed by atoms with Crippen LogP contribution in [0.25, 0.3) is 11.1 Å². The molecule has 0 radical (unpaired) electrons. The van der Waals surface area contributed by atoms with Gasteiger partial charge in [0.2, 0.25) is 0 Å². The number of benzene rings is 1. The van der Waals surface area contributed by atoms with Crippen molar-refractivity contribution in [1.82, 2.24) is 10.3 Å². The molecule has 1 amide bonds. The fourth-order valence-electron chi connectivity index (χ4n) is 3.01. The molecule has 28 heavy (non-hydrogen) atoms. The smallest absolute Gasteiger partial charge is 0.408 e. The fraction of sp³-hybridized carbons (Fsp3) is 0.409. The molecule has 0 fully saturated rings. The molecule has 0 aliphatic heterocycles. The third-order valence-corrected chi connectivity index (χ3v) is 4.22. The van der Waals surface area contributed by atoms with Crippen molar-refractivity contribution < 1.29 is 19.1 Å². The van der Waals surface area contributed by atoms with Crippen LogP contribution < -0.4 is 5.32 Å². The predicted molar refractivity (Wildman–Crippen MR) is 108 cm³/mol. The minimum atomic E-state index is -0.641. The van der Waals surface area contributed by atoms with E-state index in [1.807, 2.05) is 38.1 Å². The Balaban J connectivity index is 2.38. The summed E-state index contributed by atoms with van der Waals surface area (Å²) in [7, 11) is 1.32. The number of ether oxygens (including phenoxy) is 2. The van der Waals surface area contributed by atoms with Gasteiger partial charge in [0.05, 0.1) is 19.6 Å². The van der Waals surface area contributed by atoms with E-state index in [2.05, 4.69) is 10.3 Å². The number of carbonyl (C=O) groups is 2. The first-order chi connectivity index (χ1) is 13.1. The van der Waals surface area contributed by atoms with Crippen LogP contribution in [0, 0.1) is 13.8 Å². The summed E-state index contributed by atoms with van der Waals surface area (Å²) in [6.07, 6.45) is 2.80. The van der Waals surface area contributed by atoms with E-state index < -0.39 is 23.7 Å². The van der Waals surface area contributed by atoms with Crippen LogP contribution in [-0.4, -0.2) is 29.8 Å². The molecule has 1 aromatic heterocycles. The quantitative estimate of drug-likeness (QED) is 0.768. The zero-order chi connectivity index (χ0) is 20.9. The topological polar surface area (TPSA) is 77.5 Å². The second-order valence-electron chi connectivity index (χ2n) is 7.75. The molecule has 0 aliphatic rings. The van der Waals surface area contributed by atoms with Gasteiger partial charge >= 0.3 is 12.1 Å². The van der Waals surface area contributed by atoms with Crippen molar-refractivity contribution >= 4 is 12.1 Å². The molecule has 150 valence electrons. The van der Waals surface area contributed by atoms with Crippen molar-refractivity contribution in [1.29, 1.82) is 0 Å². The summed E-state index contributed by atoms with van der Waals surface area (Å²) >= 11 is 0. The Hall–Kier alpha value is -2.89. The molecule has 0 aliphatic carbocycles. The van der Waals surface area contributed by atoms with Gasteiger partial charge in [-0.15, -0.1) is 0 Å². The molecule has 0 unspecified atom stereocenters. The first kappa shape index (κ1) is 21.4. The van der Waals surface area contributed by atoms with Crippen molar-refractivity contribution in [3.8, 4) is 11.1 Å². The van der Waals surface area contributed by atoms with Crippen LogP contribution in [0.2, 0.25) is 0 Å². The molecule has 1 N–H and O–H groups in total. The second-order valence-corrected chi connectivity index (χ2v) is 7.75. The van der Waals surface area contributed by atoms with Crippen LogP contribution in [-0.2, 0) is 14.3 Å². The zero-order valence-electron chi connectivity index (χ0n) is 17.3. The molecule has 1 aromatic carbocycles. The highest BCUT2D eigenvalue weighted by Gasteiger charge is 2.23. The number of pyridine rings is 1. The molecular formula is C22H28N2O4. The number of rotatable bonds is 5. The van der Waals surface area contributed by atoms with Crippen LogP contribution in [0.5, 0.6) is 0 Å². The summed E-state index contributed by atoms with van der Waals surface area (Å²) < 4.78 is 10.1. The Kier molecular flexibility index (Phi) is 6.78. The molecule has 0 spiro atoms. The summed E-state index contributed by atoms with van der Waals surface area (Å²) in [5, 5.41) is 2.76. The Morgan fingerprint density at radius 3 is 2.36 bits per heavy atom. The van der Waals surface area contributed by atoms with Crippen molar-refractivity contribution in [2.24, 2.45) is 0 Å². The lowest BCUT2D eigenvalue weighted by molar-refractivity contribution is -0.141. The van der Waals surface area contributed by atoms with E-state index in [-0.39, 0.29) is 6.42 Å². The molecule has 2 aromatic rings. The average molecular weight is 384 g/mol. The van der Waals surface area contributed by atoms with Crippen molar-refractivity contribution in [2.45, 2.75) is 52.7 Å². The van der Waals surface area contributed by atoms with Gasteiger partial charge < -0.3 is 14.8 Å². The van der Waals surface area contributed by atoms with E-state index in [0.29, 0.717) is 5.56 Å². The van der Waals surface area contributed by atoms with E-state index in [1.54, 1.807) is 33.2 Å². The summed E-state index contributed by atoms with van der Waals surface area (Å²) in [5.41, 5.74) is 4.33. The van der Waals surface area contributed by atoms with E-state index in [0.717, 1.165) is 22.3 Å². The van der Waals surface area contributed by atoms with Gasteiger partial charge in [0.25, 0.3) is 0 Å². The first-order valence-corrected chi connectivity index (χ1v) is 9.18. The van der Waals surface area contributed by atoms with E-state index >= 15 is 0 Å². The number of aromatic nitrogens is 1. The van der Waals surface area contributed by atoms with Gasteiger partial charge in [-0.1, -0.05) is 18.2 Å². The predicted octanol–water partition coefficient (Wildman–Crippen LogP) is 4.49. The lowest BCUT2D eigenvalue weighted by Gasteiger charge is -2.23. The van der Waals surface area contributed by atoms with Crippen molar-refractivity contribution in [3.05, 3.63) is 53.3 Å². The molecule has 0 saturated heterocycles. The van der Waals surface area contributed by atoms with Gasteiger partial charge in [0.15, 0.2) is 0 Å². The Morgan fingerprint density at radius 1 is 1.14 bits per heavy atom. The molecule has 1 atom stereocenters. The van der Waals surface area contributed by atoms with Gasteiger partial charge in [-0.25, -0.2) is 4.79 Å². The van der Waals surface area contributed by atoms with Crippen molar-refractivity contribution in [2.75, 3.05) is 7.11 Å². The number of hydrogen-bond acceptors (Lipinski definition) is 5. The molecular weight excluding hydrogens is 356 g/mol. The van der Waals surface area contributed by atoms with Crippen LogP contribution in [0.15, 0.2) is 36.7 Å². The summed E-state index contributed by atoms with van der Waals surface area (Å²) in [6, 6.07) is 7.42. The highest BCUT2D eigenvalue weighted by atomic mass is 16.6. The average Bonchev–Trinajstić information content (AvgIpc) is 2.59. The number of methoxy groups -OCH3 is 1. The second kappa shape index (κ2) is 8.87. The maximum absolute atomic E-state index is 12.3. The van der Waals surface area contributed by atoms with Crippen molar-refractivity contribution in [3.63, 3.8) is 0 Å². The van der Waals surface area contributed by atoms with E-state index in [4.69, 9.17) is 9.47 Å². The molecule has 1 heterocycles. The number of nitrogens with one attached hydrogen (secondary N) is 1. The minimum absolute atomic E-state index is 0.0202. The standard InChI is InChI=1S/C22H28N2O4/c1-14-8-7-9-15(2)20(14)17-10-16(12-23-13-17)18(11-19(25)27-6)24-21(26)28-22(3,4)5/h7-10,12-13,18H,11H2,1-6H3,(H,24,26)/t18-/m1/s1. The molecule has 6 heteroatoms. The van der Waals surface area contributed by atoms with Gasteiger partial charge in [-0.3, -0.25) is 9.78 Å². The molecule has 6 nitrogen and oxygen atoms in total.